The summed E-state index contributed by atoms with van der Waals surface area (Å²) in [4.78, 5) is 25.1. The molecule has 3 rings (SSSR count). The van der Waals surface area contributed by atoms with Crippen LogP contribution in [0.2, 0.25) is 0 Å². The normalized spacial score (nSPS) is 15.9. The lowest BCUT2D eigenvalue weighted by Crippen LogP contribution is -2.53. The summed E-state index contributed by atoms with van der Waals surface area (Å²) in [6, 6.07) is 13.1. The van der Waals surface area contributed by atoms with Crippen LogP contribution in [0.5, 0.6) is 0 Å². The standard InChI is InChI=1S/C19H18BrFN2O3/c20-14-7-5-13(6-8-14)19(9-11-26-12-10-19)18(25)23-22-17(24)15-3-1-2-4-16(15)21/h1-8H,9-12H2,(H,22,24)(H,23,25). The van der Waals surface area contributed by atoms with Crippen molar-refractivity contribution in [3.05, 3.63) is 69.9 Å². The summed E-state index contributed by atoms with van der Waals surface area (Å²) < 4.78 is 20.0. The van der Waals surface area contributed by atoms with E-state index in [-0.39, 0.29) is 11.5 Å². The predicted molar refractivity (Wildman–Crippen MR) is 97.9 cm³/mol. The molecule has 1 heterocycles. The van der Waals surface area contributed by atoms with Crippen molar-refractivity contribution in [3.8, 4) is 0 Å². The molecular weight excluding hydrogens is 403 g/mol. The zero-order valence-corrected chi connectivity index (χ0v) is 15.5. The maximum Gasteiger partial charge on any atom is 0.272 e. The molecule has 5 nitrogen and oxygen atoms in total. The minimum absolute atomic E-state index is 0.127. The fourth-order valence-electron chi connectivity index (χ4n) is 3.08. The number of benzene rings is 2. The Bertz CT molecular complexity index is 805. The third-order valence-electron chi connectivity index (χ3n) is 4.59. The third-order valence-corrected chi connectivity index (χ3v) is 5.11. The SMILES string of the molecule is O=C(NNC(=O)C1(c2ccc(Br)cc2)CCOCC1)c1ccccc1F. The molecule has 0 unspecified atom stereocenters. The van der Waals surface area contributed by atoms with Gasteiger partial charge in [0.2, 0.25) is 5.91 Å². The van der Waals surface area contributed by atoms with Crippen molar-refractivity contribution in [2.45, 2.75) is 18.3 Å². The predicted octanol–water partition coefficient (Wildman–Crippen LogP) is 3.10. The first-order valence-corrected chi connectivity index (χ1v) is 9.01. The van der Waals surface area contributed by atoms with E-state index in [1.165, 1.54) is 18.2 Å². The highest BCUT2D eigenvalue weighted by Gasteiger charge is 2.42. The van der Waals surface area contributed by atoms with E-state index in [0.717, 1.165) is 10.0 Å². The summed E-state index contributed by atoms with van der Waals surface area (Å²) in [5.74, 6) is -1.68. The number of carbonyl (C=O) groups is 2. The molecular formula is C19H18BrFN2O3. The van der Waals surface area contributed by atoms with Gasteiger partial charge in [-0.1, -0.05) is 40.2 Å². The molecule has 0 aromatic heterocycles. The Kier molecular flexibility index (Phi) is 5.68. The largest absolute Gasteiger partial charge is 0.381 e. The maximum atomic E-state index is 13.7. The van der Waals surface area contributed by atoms with Crippen LogP contribution in [0, 0.1) is 5.82 Å². The Morgan fingerprint density at radius 3 is 2.31 bits per heavy atom. The van der Waals surface area contributed by atoms with E-state index in [4.69, 9.17) is 4.74 Å². The van der Waals surface area contributed by atoms with Gasteiger partial charge >= 0.3 is 0 Å². The number of hydrazine groups is 1. The molecule has 1 aliphatic rings. The van der Waals surface area contributed by atoms with Crippen LogP contribution in [0.3, 0.4) is 0 Å². The van der Waals surface area contributed by atoms with E-state index in [2.05, 4.69) is 26.8 Å². The van der Waals surface area contributed by atoms with Crippen LogP contribution in [0.25, 0.3) is 0 Å². The molecule has 0 bridgehead atoms. The maximum absolute atomic E-state index is 13.7. The number of hydrogen-bond donors (Lipinski definition) is 2. The number of hydrogen-bond acceptors (Lipinski definition) is 3. The number of rotatable bonds is 3. The van der Waals surface area contributed by atoms with Crippen molar-refractivity contribution < 1.29 is 18.7 Å². The zero-order valence-electron chi connectivity index (χ0n) is 13.9. The van der Waals surface area contributed by atoms with Crippen LogP contribution >= 0.6 is 15.9 Å². The van der Waals surface area contributed by atoms with Gasteiger partial charge in [0.25, 0.3) is 5.91 Å². The average Bonchev–Trinajstić information content (AvgIpc) is 2.67. The van der Waals surface area contributed by atoms with Crippen molar-refractivity contribution in [3.63, 3.8) is 0 Å². The first-order chi connectivity index (χ1) is 12.5. The molecule has 1 aliphatic heterocycles. The number of carbonyl (C=O) groups excluding carboxylic acids is 2. The molecule has 26 heavy (non-hydrogen) atoms. The number of ether oxygens (including phenoxy) is 1. The monoisotopic (exact) mass is 420 g/mol. The van der Waals surface area contributed by atoms with Crippen LogP contribution in [-0.4, -0.2) is 25.0 Å². The molecule has 0 saturated carbocycles. The summed E-state index contributed by atoms with van der Waals surface area (Å²) >= 11 is 3.39. The fraction of sp³-hybridized carbons (Fsp3) is 0.263. The van der Waals surface area contributed by atoms with Gasteiger partial charge in [-0.25, -0.2) is 4.39 Å². The van der Waals surface area contributed by atoms with E-state index in [1.54, 1.807) is 6.07 Å². The zero-order chi connectivity index (χ0) is 18.6. The average molecular weight is 421 g/mol. The minimum atomic E-state index is -0.804. The van der Waals surface area contributed by atoms with Crippen molar-refractivity contribution in [2.24, 2.45) is 0 Å². The first kappa shape index (κ1) is 18.5. The van der Waals surface area contributed by atoms with Gasteiger partial charge in [-0.05, 0) is 42.7 Å². The molecule has 0 radical (unpaired) electrons. The van der Waals surface area contributed by atoms with E-state index in [0.29, 0.717) is 26.1 Å². The summed E-state index contributed by atoms with van der Waals surface area (Å²) in [7, 11) is 0. The molecule has 2 aromatic carbocycles. The second kappa shape index (κ2) is 7.97. The van der Waals surface area contributed by atoms with Crippen molar-refractivity contribution in [1.82, 2.24) is 10.9 Å². The molecule has 7 heteroatoms. The highest BCUT2D eigenvalue weighted by molar-refractivity contribution is 9.10. The lowest BCUT2D eigenvalue weighted by Gasteiger charge is -2.36. The lowest BCUT2D eigenvalue weighted by atomic mass is 9.73. The summed E-state index contributed by atoms with van der Waals surface area (Å²) in [5.41, 5.74) is 4.69. The van der Waals surface area contributed by atoms with Gasteiger partial charge in [-0.3, -0.25) is 20.4 Å². The summed E-state index contributed by atoms with van der Waals surface area (Å²) in [6.45, 7) is 0.898. The van der Waals surface area contributed by atoms with Crippen LogP contribution < -0.4 is 10.9 Å². The smallest absolute Gasteiger partial charge is 0.272 e. The quantitative estimate of drug-likeness (QED) is 0.749. The number of amides is 2. The van der Waals surface area contributed by atoms with Crippen LogP contribution in [0.15, 0.2) is 53.0 Å². The van der Waals surface area contributed by atoms with Gasteiger partial charge in [-0.2, -0.15) is 0 Å². The molecule has 2 aromatic rings. The molecule has 136 valence electrons. The molecule has 0 atom stereocenters. The highest BCUT2D eigenvalue weighted by Crippen LogP contribution is 2.35. The summed E-state index contributed by atoms with van der Waals surface area (Å²) in [5, 5.41) is 0. The van der Waals surface area contributed by atoms with E-state index in [1.807, 2.05) is 24.3 Å². The van der Waals surface area contributed by atoms with E-state index < -0.39 is 17.1 Å². The first-order valence-electron chi connectivity index (χ1n) is 8.22. The Balaban J connectivity index is 1.77. The molecule has 0 aliphatic carbocycles. The van der Waals surface area contributed by atoms with Gasteiger partial charge in [0.15, 0.2) is 0 Å². The van der Waals surface area contributed by atoms with Crippen LogP contribution in [-0.2, 0) is 14.9 Å². The van der Waals surface area contributed by atoms with Crippen molar-refractivity contribution in [1.29, 1.82) is 0 Å². The molecule has 1 fully saturated rings. The van der Waals surface area contributed by atoms with Gasteiger partial charge < -0.3 is 4.74 Å². The summed E-state index contributed by atoms with van der Waals surface area (Å²) in [6.07, 6.45) is 0.992. The van der Waals surface area contributed by atoms with Gasteiger partial charge in [0.05, 0.1) is 11.0 Å². The van der Waals surface area contributed by atoms with Crippen molar-refractivity contribution in [2.75, 3.05) is 13.2 Å². The topological polar surface area (TPSA) is 67.4 Å². The molecule has 2 amide bonds. The van der Waals surface area contributed by atoms with Crippen LogP contribution in [0.1, 0.15) is 28.8 Å². The Morgan fingerprint density at radius 1 is 1.00 bits per heavy atom. The number of nitrogens with one attached hydrogen (secondary N) is 2. The second-order valence-corrected chi connectivity index (χ2v) is 7.01. The minimum Gasteiger partial charge on any atom is -0.381 e. The Morgan fingerprint density at radius 2 is 1.65 bits per heavy atom. The van der Waals surface area contributed by atoms with Crippen LogP contribution in [0.4, 0.5) is 4.39 Å². The molecule has 0 spiro atoms. The van der Waals surface area contributed by atoms with Gasteiger partial charge in [0.1, 0.15) is 5.82 Å². The van der Waals surface area contributed by atoms with E-state index >= 15 is 0 Å². The van der Waals surface area contributed by atoms with Gasteiger partial charge in [0, 0.05) is 17.7 Å². The molecule has 2 N–H and O–H groups in total. The van der Waals surface area contributed by atoms with E-state index in [9.17, 15) is 14.0 Å². The lowest BCUT2D eigenvalue weighted by molar-refractivity contribution is -0.131. The molecule has 1 saturated heterocycles. The Hall–Kier alpha value is -2.25. The third kappa shape index (κ3) is 3.78. The Labute approximate surface area is 159 Å². The van der Waals surface area contributed by atoms with Gasteiger partial charge in [-0.15, -0.1) is 0 Å². The number of halogens is 2. The highest BCUT2D eigenvalue weighted by atomic mass is 79.9. The second-order valence-electron chi connectivity index (χ2n) is 6.09. The van der Waals surface area contributed by atoms with Crippen molar-refractivity contribution >= 4 is 27.7 Å². The fourth-order valence-corrected chi connectivity index (χ4v) is 3.35.